The predicted octanol–water partition coefficient (Wildman–Crippen LogP) is 2.36. The smallest absolute Gasteiger partial charge is 0.239 e. The van der Waals surface area contributed by atoms with Crippen molar-refractivity contribution in [2.75, 3.05) is 24.7 Å². The van der Waals surface area contributed by atoms with Crippen molar-refractivity contribution >= 4 is 21.6 Å². The highest BCUT2D eigenvalue weighted by atomic mass is 32.2. The molecule has 0 saturated carbocycles. The molecule has 8 heteroatoms. The molecule has 1 amide bonds. The van der Waals surface area contributed by atoms with Gasteiger partial charge in [-0.2, -0.15) is 4.31 Å². The lowest BCUT2D eigenvalue weighted by Crippen LogP contribution is -2.38. The molecule has 0 spiro atoms. The van der Waals surface area contributed by atoms with Gasteiger partial charge in [-0.15, -0.1) is 0 Å². The topological polar surface area (TPSA) is 66.5 Å². The van der Waals surface area contributed by atoms with Crippen molar-refractivity contribution < 1.29 is 22.0 Å². The third kappa shape index (κ3) is 6.07. The van der Waals surface area contributed by atoms with Crippen molar-refractivity contribution in [2.24, 2.45) is 0 Å². The Hall–Kier alpha value is -1.54. The summed E-state index contributed by atoms with van der Waals surface area (Å²) < 4.78 is 50.6. The Bertz CT molecular complexity index is 621. The minimum absolute atomic E-state index is 0.187. The van der Waals surface area contributed by atoms with Gasteiger partial charge < -0.3 is 5.32 Å². The SMILES string of the molecule is CCCCCN(CC(=O)Nc1ccc(F)cc1F)S(C)(=O)=O. The molecule has 0 radical (unpaired) electrons. The standard InChI is InChI=1S/C14H20F2N2O3S/c1-3-4-5-8-18(22(2,20)21)10-14(19)17-13-7-6-11(15)9-12(13)16/h6-7,9H,3-5,8,10H2,1-2H3,(H,17,19). The fraction of sp³-hybridized carbons (Fsp3) is 0.500. The number of carbonyl (C=O) groups excluding carboxylic acids is 1. The van der Waals surface area contributed by atoms with Gasteiger partial charge in [0.2, 0.25) is 15.9 Å². The van der Waals surface area contributed by atoms with Crippen molar-refractivity contribution in [3.05, 3.63) is 29.8 Å². The Kier molecular flexibility index (Phi) is 6.89. The minimum atomic E-state index is -3.53. The normalized spacial score (nSPS) is 11.7. The van der Waals surface area contributed by atoms with Gasteiger partial charge in [-0.1, -0.05) is 19.8 Å². The lowest BCUT2D eigenvalue weighted by Gasteiger charge is -2.19. The summed E-state index contributed by atoms with van der Waals surface area (Å²) in [4.78, 5) is 11.9. The minimum Gasteiger partial charge on any atom is -0.322 e. The van der Waals surface area contributed by atoms with E-state index in [0.717, 1.165) is 35.5 Å². The number of nitrogens with one attached hydrogen (secondary N) is 1. The summed E-state index contributed by atoms with van der Waals surface area (Å²) in [6, 6.07) is 2.74. The number of benzene rings is 1. The third-order valence-corrected chi connectivity index (χ3v) is 4.25. The Balaban J connectivity index is 2.70. The first-order chi connectivity index (χ1) is 10.2. The van der Waals surface area contributed by atoms with Gasteiger partial charge in [-0.05, 0) is 18.6 Å². The highest BCUT2D eigenvalue weighted by molar-refractivity contribution is 7.88. The fourth-order valence-electron chi connectivity index (χ4n) is 1.84. The van der Waals surface area contributed by atoms with Gasteiger partial charge in [0.25, 0.3) is 0 Å². The molecule has 0 saturated heterocycles. The Labute approximate surface area is 129 Å². The molecular formula is C14H20F2N2O3S. The van der Waals surface area contributed by atoms with Crippen LogP contribution in [0.5, 0.6) is 0 Å². The van der Waals surface area contributed by atoms with Crippen LogP contribution in [-0.2, 0) is 14.8 Å². The molecule has 0 fully saturated rings. The van der Waals surface area contributed by atoms with Gasteiger partial charge in [0.1, 0.15) is 11.6 Å². The quantitative estimate of drug-likeness (QED) is 0.742. The van der Waals surface area contributed by atoms with E-state index in [1.54, 1.807) is 0 Å². The van der Waals surface area contributed by atoms with Gasteiger partial charge in [0.05, 0.1) is 18.5 Å². The van der Waals surface area contributed by atoms with Gasteiger partial charge in [-0.25, -0.2) is 17.2 Å². The second kappa shape index (κ2) is 8.19. The van der Waals surface area contributed by atoms with Crippen LogP contribution in [0.25, 0.3) is 0 Å². The summed E-state index contributed by atoms with van der Waals surface area (Å²) in [6.45, 7) is 1.81. The molecule has 0 bridgehead atoms. The van der Waals surface area contributed by atoms with Crippen LogP contribution in [-0.4, -0.2) is 38.0 Å². The van der Waals surface area contributed by atoms with Gasteiger partial charge in [0, 0.05) is 12.6 Å². The molecule has 0 aliphatic heterocycles. The van der Waals surface area contributed by atoms with Crippen LogP contribution in [0.15, 0.2) is 18.2 Å². The second-order valence-electron chi connectivity index (χ2n) is 4.98. The van der Waals surface area contributed by atoms with Crippen molar-refractivity contribution in [3.63, 3.8) is 0 Å². The van der Waals surface area contributed by atoms with Crippen LogP contribution in [0.4, 0.5) is 14.5 Å². The molecule has 0 aromatic heterocycles. The number of nitrogens with zero attached hydrogens (tertiary/aromatic N) is 1. The average molecular weight is 334 g/mol. The maximum Gasteiger partial charge on any atom is 0.239 e. The first-order valence-corrected chi connectivity index (χ1v) is 8.79. The van der Waals surface area contributed by atoms with Crippen LogP contribution in [0, 0.1) is 11.6 Å². The van der Waals surface area contributed by atoms with Crippen LogP contribution < -0.4 is 5.32 Å². The summed E-state index contributed by atoms with van der Waals surface area (Å²) in [5, 5.41) is 2.24. The van der Waals surface area contributed by atoms with E-state index in [1.807, 2.05) is 6.92 Å². The molecule has 1 aromatic rings. The zero-order valence-electron chi connectivity index (χ0n) is 12.6. The summed E-state index contributed by atoms with van der Waals surface area (Å²) in [6.07, 6.45) is 3.43. The van der Waals surface area contributed by atoms with E-state index >= 15 is 0 Å². The molecule has 0 aliphatic rings. The summed E-state index contributed by atoms with van der Waals surface area (Å²) >= 11 is 0. The maximum absolute atomic E-state index is 13.4. The fourth-order valence-corrected chi connectivity index (χ4v) is 2.65. The summed E-state index contributed by atoms with van der Waals surface area (Å²) in [5.41, 5.74) is -0.187. The lowest BCUT2D eigenvalue weighted by molar-refractivity contribution is -0.116. The van der Waals surface area contributed by atoms with E-state index in [-0.39, 0.29) is 12.2 Å². The monoisotopic (exact) mass is 334 g/mol. The second-order valence-corrected chi connectivity index (χ2v) is 6.96. The number of amides is 1. The Morgan fingerprint density at radius 1 is 1.27 bits per heavy atom. The van der Waals surface area contributed by atoms with Crippen molar-refractivity contribution in [3.8, 4) is 0 Å². The largest absolute Gasteiger partial charge is 0.322 e. The number of anilines is 1. The van der Waals surface area contributed by atoms with Gasteiger partial charge in [-0.3, -0.25) is 4.79 Å². The molecule has 5 nitrogen and oxygen atoms in total. The first kappa shape index (κ1) is 18.5. The molecule has 0 aliphatic carbocycles. The number of carbonyl (C=O) groups is 1. The van der Waals surface area contributed by atoms with E-state index in [1.165, 1.54) is 0 Å². The Morgan fingerprint density at radius 3 is 2.50 bits per heavy atom. The highest BCUT2D eigenvalue weighted by Gasteiger charge is 2.20. The number of halogens is 2. The average Bonchev–Trinajstić information content (AvgIpc) is 2.40. The first-order valence-electron chi connectivity index (χ1n) is 6.94. The zero-order chi connectivity index (χ0) is 16.8. The number of unbranched alkanes of at least 4 members (excludes halogenated alkanes) is 2. The Morgan fingerprint density at radius 2 is 1.95 bits per heavy atom. The molecule has 0 unspecified atom stereocenters. The zero-order valence-corrected chi connectivity index (χ0v) is 13.4. The lowest BCUT2D eigenvalue weighted by atomic mass is 10.2. The number of hydrogen-bond donors (Lipinski definition) is 1. The highest BCUT2D eigenvalue weighted by Crippen LogP contribution is 2.15. The van der Waals surface area contributed by atoms with Crippen LogP contribution in [0.2, 0.25) is 0 Å². The van der Waals surface area contributed by atoms with Crippen LogP contribution >= 0.6 is 0 Å². The summed E-state index contributed by atoms with van der Waals surface area (Å²) in [5.74, 6) is -2.34. The molecular weight excluding hydrogens is 314 g/mol. The number of sulfonamides is 1. The van der Waals surface area contributed by atoms with Crippen LogP contribution in [0.3, 0.4) is 0 Å². The van der Waals surface area contributed by atoms with Gasteiger partial charge >= 0.3 is 0 Å². The molecule has 0 heterocycles. The van der Waals surface area contributed by atoms with E-state index in [4.69, 9.17) is 0 Å². The van der Waals surface area contributed by atoms with E-state index in [2.05, 4.69) is 5.32 Å². The maximum atomic E-state index is 13.4. The molecule has 0 atom stereocenters. The van der Waals surface area contributed by atoms with Gasteiger partial charge in [0.15, 0.2) is 0 Å². The molecule has 1 N–H and O–H groups in total. The summed E-state index contributed by atoms with van der Waals surface area (Å²) in [7, 11) is -3.53. The van der Waals surface area contributed by atoms with Crippen molar-refractivity contribution in [2.45, 2.75) is 26.2 Å². The molecule has 1 rings (SSSR count). The number of hydrogen-bond acceptors (Lipinski definition) is 3. The van der Waals surface area contributed by atoms with Crippen LogP contribution in [0.1, 0.15) is 26.2 Å². The van der Waals surface area contributed by atoms with E-state index < -0.39 is 34.1 Å². The van der Waals surface area contributed by atoms with E-state index in [9.17, 15) is 22.0 Å². The molecule has 124 valence electrons. The third-order valence-electron chi connectivity index (χ3n) is 3.01. The molecule has 1 aromatic carbocycles. The molecule has 22 heavy (non-hydrogen) atoms. The van der Waals surface area contributed by atoms with E-state index in [0.29, 0.717) is 12.5 Å². The van der Waals surface area contributed by atoms with Crippen molar-refractivity contribution in [1.82, 2.24) is 4.31 Å². The van der Waals surface area contributed by atoms with Crippen molar-refractivity contribution in [1.29, 1.82) is 0 Å². The number of rotatable bonds is 8. The predicted molar refractivity (Wildman–Crippen MR) is 80.9 cm³/mol.